The number of nitrogens with zero attached hydrogens (tertiary/aromatic N) is 1. The maximum atomic E-state index is 6.08. The third-order valence-electron chi connectivity index (χ3n) is 2.84. The Bertz CT molecular complexity index is 528. The van der Waals surface area contributed by atoms with Crippen LogP contribution in [0.5, 0.6) is 5.75 Å². The second kappa shape index (κ2) is 6.43. The van der Waals surface area contributed by atoms with E-state index in [2.05, 4.69) is 29.4 Å². The molecule has 1 N–H and O–H groups in total. The molecular formula is C15H17ClN2O. The van der Waals surface area contributed by atoms with Gasteiger partial charge in [0.2, 0.25) is 0 Å². The van der Waals surface area contributed by atoms with Crippen LogP contribution in [-0.4, -0.2) is 11.6 Å². The van der Waals surface area contributed by atoms with Crippen molar-refractivity contribution in [2.45, 2.75) is 19.9 Å². The lowest BCUT2D eigenvalue weighted by Gasteiger charge is -2.17. The summed E-state index contributed by atoms with van der Waals surface area (Å²) in [5.41, 5.74) is 2.06. The van der Waals surface area contributed by atoms with Crippen LogP contribution < -0.4 is 10.1 Å². The molecule has 0 bridgehead atoms. The number of halogens is 1. The van der Waals surface area contributed by atoms with Crippen molar-refractivity contribution in [3.05, 3.63) is 53.3 Å². The highest BCUT2D eigenvalue weighted by Crippen LogP contribution is 2.25. The fourth-order valence-electron chi connectivity index (χ4n) is 1.83. The average Bonchev–Trinajstić information content (AvgIpc) is 2.42. The van der Waals surface area contributed by atoms with Crippen LogP contribution in [0.2, 0.25) is 5.02 Å². The van der Waals surface area contributed by atoms with Crippen molar-refractivity contribution in [3.63, 3.8) is 0 Å². The van der Waals surface area contributed by atoms with Crippen molar-refractivity contribution in [2.75, 3.05) is 11.9 Å². The number of benzene rings is 1. The summed E-state index contributed by atoms with van der Waals surface area (Å²) < 4.78 is 5.43. The Balaban J connectivity index is 2.07. The van der Waals surface area contributed by atoms with Crippen molar-refractivity contribution < 1.29 is 4.74 Å². The standard InChI is InChI=1S/C15H17ClN2O/c1-3-19-13-6-4-12(5-7-13)11(2)18-15-8-9-17-10-14(15)16/h4-11H,3H2,1-2H3,(H,17,18). The third-order valence-corrected chi connectivity index (χ3v) is 3.14. The number of hydrogen-bond donors (Lipinski definition) is 1. The first-order chi connectivity index (χ1) is 9.20. The van der Waals surface area contributed by atoms with Gasteiger partial charge in [-0.05, 0) is 37.6 Å². The zero-order valence-electron chi connectivity index (χ0n) is 11.1. The number of pyridine rings is 1. The van der Waals surface area contributed by atoms with Gasteiger partial charge in [-0.2, -0.15) is 0 Å². The molecule has 100 valence electrons. The van der Waals surface area contributed by atoms with Gasteiger partial charge in [-0.1, -0.05) is 23.7 Å². The normalized spacial score (nSPS) is 11.9. The van der Waals surface area contributed by atoms with E-state index < -0.39 is 0 Å². The average molecular weight is 277 g/mol. The maximum Gasteiger partial charge on any atom is 0.119 e. The molecule has 1 aromatic carbocycles. The van der Waals surface area contributed by atoms with Gasteiger partial charge in [-0.25, -0.2) is 0 Å². The van der Waals surface area contributed by atoms with E-state index in [-0.39, 0.29) is 6.04 Å². The number of hydrogen-bond acceptors (Lipinski definition) is 3. The lowest BCUT2D eigenvalue weighted by molar-refractivity contribution is 0.340. The minimum absolute atomic E-state index is 0.163. The summed E-state index contributed by atoms with van der Waals surface area (Å²) in [6, 6.07) is 10.1. The SMILES string of the molecule is CCOc1ccc(C(C)Nc2ccncc2Cl)cc1. The minimum Gasteiger partial charge on any atom is -0.494 e. The molecule has 0 radical (unpaired) electrons. The van der Waals surface area contributed by atoms with Crippen molar-refractivity contribution in [3.8, 4) is 5.75 Å². The summed E-state index contributed by atoms with van der Waals surface area (Å²) in [6.45, 7) is 4.75. The number of nitrogens with one attached hydrogen (secondary N) is 1. The molecule has 2 rings (SSSR count). The fourth-order valence-corrected chi connectivity index (χ4v) is 2.00. The topological polar surface area (TPSA) is 34.1 Å². The first-order valence-corrected chi connectivity index (χ1v) is 6.67. The predicted octanol–water partition coefficient (Wildman–Crippen LogP) is 4.31. The Morgan fingerprint density at radius 3 is 2.63 bits per heavy atom. The van der Waals surface area contributed by atoms with E-state index in [0.717, 1.165) is 11.4 Å². The van der Waals surface area contributed by atoms with Gasteiger partial charge in [0.05, 0.1) is 17.3 Å². The first kappa shape index (κ1) is 13.7. The predicted molar refractivity (Wildman–Crippen MR) is 78.9 cm³/mol. The summed E-state index contributed by atoms with van der Waals surface area (Å²) in [6.07, 6.45) is 3.36. The Morgan fingerprint density at radius 1 is 1.26 bits per heavy atom. The monoisotopic (exact) mass is 276 g/mol. The summed E-state index contributed by atoms with van der Waals surface area (Å²) in [5.74, 6) is 0.889. The van der Waals surface area contributed by atoms with Gasteiger partial charge in [-0.3, -0.25) is 4.98 Å². The van der Waals surface area contributed by atoms with Crippen LogP contribution in [0.15, 0.2) is 42.7 Å². The zero-order valence-corrected chi connectivity index (χ0v) is 11.8. The molecule has 0 saturated heterocycles. The van der Waals surface area contributed by atoms with Gasteiger partial charge < -0.3 is 10.1 Å². The van der Waals surface area contributed by atoms with Crippen molar-refractivity contribution in [1.29, 1.82) is 0 Å². The Morgan fingerprint density at radius 2 is 2.00 bits per heavy atom. The molecule has 0 saturated carbocycles. The van der Waals surface area contributed by atoms with Crippen molar-refractivity contribution in [1.82, 2.24) is 4.98 Å². The smallest absolute Gasteiger partial charge is 0.119 e. The van der Waals surface area contributed by atoms with E-state index in [1.54, 1.807) is 12.4 Å². The van der Waals surface area contributed by atoms with E-state index in [1.807, 2.05) is 25.1 Å². The number of ether oxygens (including phenoxy) is 1. The van der Waals surface area contributed by atoms with E-state index in [9.17, 15) is 0 Å². The van der Waals surface area contributed by atoms with Crippen LogP contribution in [0.4, 0.5) is 5.69 Å². The second-order valence-corrected chi connectivity index (χ2v) is 4.63. The molecule has 4 heteroatoms. The van der Waals surface area contributed by atoms with Gasteiger partial charge >= 0.3 is 0 Å². The van der Waals surface area contributed by atoms with Crippen molar-refractivity contribution in [2.24, 2.45) is 0 Å². The molecule has 1 aromatic heterocycles. The highest BCUT2D eigenvalue weighted by atomic mass is 35.5. The van der Waals surface area contributed by atoms with Crippen LogP contribution in [0.1, 0.15) is 25.5 Å². The van der Waals surface area contributed by atoms with Crippen LogP contribution in [-0.2, 0) is 0 Å². The summed E-state index contributed by atoms with van der Waals surface area (Å²) in [5, 5.41) is 3.99. The molecule has 1 atom stereocenters. The van der Waals surface area contributed by atoms with Gasteiger partial charge in [0, 0.05) is 18.4 Å². The highest BCUT2D eigenvalue weighted by Gasteiger charge is 2.07. The molecule has 19 heavy (non-hydrogen) atoms. The van der Waals surface area contributed by atoms with Gasteiger partial charge in [0.25, 0.3) is 0 Å². The molecule has 3 nitrogen and oxygen atoms in total. The Kier molecular flexibility index (Phi) is 4.63. The second-order valence-electron chi connectivity index (χ2n) is 4.22. The van der Waals surface area contributed by atoms with E-state index >= 15 is 0 Å². The Labute approximate surface area is 118 Å². The highest BCUT2D eigenvalue weighted by molar-refractivity contribution is 6.33. The molecule has 0 aliphatic carbocycles. The van der Waals surface area contributed by atoms with Crippen LogP contribution in [0.3, 0.4) is 0 Å². The molecule has 1 unspecified atom stereocenters. The molecule has 0 aliphatic heterocycles. The number of rotatable bonds is 5. The summed E-state index contributed by atoms with van der Waals surface area (Å²) >= 11 is 6.08. The first-order valence-electron chi connectivity index (χ1n) is 6.29. The van der Waals surface area contributed by atoms with E-state index in [1.165, 1.54) is 5.56 Å². The number of aromatic nitrogens is 1. The van der Waals surface area contributed by atoms with Gasteiger partial charge in [0.15, 0.2) is 0 Å². The summed E-state index contributed by atoms with van der Waals surface area (Å²) in [7, 11) is 0. The van der Waals surface area contributed by atoms with Crippen LogP contribution in [0.25, 0.3) is 0 Å². The zero-order chi connectivity index (χ0) is 13.7. The fraction of sp³-hybridized carbons (Fsp3) is 0.267. The molecule has 0 spiro atoms. The lowest BCUT2D eigenvalue weighted by atomic mass is 10.1. The van der Waals surface area contributed by atoms with Crippen molar-refractivity contribution >= 4 is 17.3 Å². The molecule has 0 fully saturated rings. The lowest BCUT2D eigenvalue weighted by Crippen LogP contribution is -2.07. The third kappa shape index (κ3) is 3.61. The molecular weight excluding hydrogens is 260 g/mol. The van der Waals surface area contributed by atoms with Crippen LogP contribution in [0, 0.1) is 0 Å². The van der Waals surface area contributed by atoms with Gasteiger partial charge in [0.1, 0.15) is 5.75 Å². The Hall–Kier alpha value is -1.74. The van der Waals surface area contributed by atoms with E-state index in [0.29, 0.717) is 11.6 Å². The van der Waals surface area contributed by atoms with Crippen LogP contribution >= 0.6 is 11.6 Å². The molecule has 0 aliphatic rings. The quantitative estimate of drug-likeness (QED) is 0.884. The van der Waals surface area contributed by atoms with Gasteiger partial charge in [-0.15, -0.1) is 0 Å². The maximum absolute atomic E-state index is 6.08. The summed E-state index contributed by atoms with van der Waals surface area (Å²) in [4.78, 5) is 3.97. The molecule has 2 aromatic rings. The molecule has 0 amide bonds. The largest absolute Gasteiger partial charge is 0.494 e. The minimum atomic E-state index is 0.163. The van der Waals surface area contributed by atoms with E-state index in [4.69, 9.17) is 16.3 Å². The number of anilines is 1. The molecule has 1 heterocycles.